The van der Waals surface area contributed by atoms with Crippen LogP contribution in [0.1, 0.15) is 5.69 Å². The molecule has 12 heteroatoms. The zero-order chi connectivity index (χ0) is 26.1. The molecular weight excluding hydrogens is 513 g/mol. The van der Waals surface area contributed by atoms with Gasteiger partial charge in [-0.3, -0.25) is 15.4 Å². The van der Waals surface area contributed by atoms with E-state index in [9.17, 15) is 4.79 Å². The van der Waals surface area contributed by atoms with Crippen LogP contribution in [0.15, 0.2) is 65.8 Å². The van der Waals surface area contributed by atoms with Gasteiger partial charge in [-0.05, 0) is 38.4 Å². The molecule has 0 atom stereocenters. The largest absolute Gasteiger partial charge is 0.333 e. The van der Waals surface area contributed by atoms with E-state index >= 15 is 0 Å². The standard InChI is InChI=1S/C25H21Cl2N9O/c1-35(2)13-16-10-29-12-20(31-16)14-6-8-15(9-7-14)32-24-30-11-17-22(28)36(25(37)34-23(17)33-24)21-18(26)4-3-5-19(21)27/h3-12,28H,13H2,1-2H3,(H2,30,32,33,34,37). The summed E-state index contributed by atoms with van der Waals surface area (Å²) in [7, 11) is 3.97. The Labute approximate surface area is 221 Å². The number of rotatable bonds is 6. The maximum Gasteiger partial charge on any atom is 0.333 e. The van der Waals surface area contributed by atoms with Crippen LogP contribution >= 0.6 is 23.2 Å². The topological polar surface area (TPSA) is 128 Å². The molecule has 3 aromatic heterocycles. The van der Waals surface area contributed by atoms with Crippen LogP contribution in [0.4, 0.5) is 11.6 Å². The summed E-state index contributed by atoms with van der Waals surface area (Å²) in [6.07, 6.45) is 4.95. The van der Waals surface area contributed by atoms with Crippen molar-refractivity contribution in [1.82, 2.24) is 34.4 Å². The van der Waals surface area contributed by atoms with Crippen molar-refractivity contribution in [3.8, 4) is 16.9 Å². The van der Waals surface area contributed by atoms with Gasteiger partial charge in [-0.2, -0.15) is 4.98 Å². The molecule has 186 valence electrons. The Morgan fingerprint density at radius 1 is 1.03 bits per heavy atom. The fourth-order valence-corrected chi connectivity index (χ4v) is 4.37. The quantitative estimate of drug-likeness (QED) is 0.299. The fourth-order valence-electron chi connectivity index (χ4n) is 3.80. The molecule has 0 saturated heterocycles. The maximum absolute atomic E-state index is 12.9. The second kappa shape index (κ2) is 10.1. The SMILES string of the molecule is CN(C)Cc1cncc(-c2ccc(Nc3ncc4c(=N)n(-c5c(Cl)cccc5Cl)c(=O)[nH]c4n3)cc2)n1. The molecule has 0 aliphatic carbocycles. The minimum Gasteiger partial charge on any atom is -0.324 e. The van der Waals surface area contributed by atoms with Crippen LogP contribution in [0.5, 0.6) is 0 Å². The maximum atomic E-state index is 12.9. The van der Waals surface area contributed by atoms with Gasteiger partial charge >= 0.3 is 5.69 Å². The van der Waals surface area contributed by atoms with Gasteiger partial charge in [-0.25, -0.2) is 19.3 Å². The summed E-state index contributed by atoms with van der Waals surface area (Å²) in [5.41, 5.74) is 3.01. The lowest BCUT2D eigenvalue weighted by atomic mass is 10.1. The van der Waals surface area contributed by atoms with Gasteiger partial charge in [-0.1, -0.05) is 41.4 Å². The number of hydrogen-bond acceptors (Lipinski definition) is 8. The first kappa shape index (κ1) is 24.6. The normalized spacial score (nSPS) is 11.3. The van der Waals surface area contributed by atoms with Gasteiger partial charge in [0, 0.05) is 30.2 Å². The van der Waals surface area contributed by atoms with Gasteiger partial charge in [0.15, 0.2) is 5.65 Å². The third-order valence-electron chi connectivity index (χ3n) is 5.46. The number of nitrogens with one attached hydrogen (secondary N) is 3. The predicted octanol–water partition coefficient (Wildman–Crippen LogP) is 4.16. The Hall–Kier alpha value is -4.12. The van der Waals surface area contributed by atoms with Crippen LogP contribution in [0.3, 0.4) is 0 Å². The second-order valence-electron chi connectivity index (χ2n) is 8.48. The number of H-pyrrole nitrogens is 1. The molecule has 37 heavy (non-hydrogen) atoms. The highest BCUT2D eigenvalue weighted by atomic mass is 35.5. The Bertz CT molecular complexity index is 1710. The first-order valence-electron chi connectivity index (χ1n) is 11.1. The zero-order valence-corrected chi connectivity index (χ0v) is 21.3. The van der Waals surface area contributed by atoms with E-state index in [2.05, 4.69) is 30.2 Å². The highest BCUT2D eigenvalue weighted by molar-refractivity contribution is 6.37. The average molecular weight is 534 g/mol. The summed E-state index contributed by atoms with van der Waals surface area (Å²) in [5, 5.41) is 12.5. The average Bonchev–Trinajstić information content (AvgIpc) is 2.86. The number of benzene rings is 2. The Kier molecular flexibility index (Phi) is 6.70. The molecule has 3 N–H and O–H groups in total. The summed E-state index contributed by atoms with van der Waals surface area (Å²) in [5.74, 6) is 0.261. The van der Waals surface area contributed by atoms with Crippen molar-refractivity contribution in [2.45, 2.75) is 6.54 Å². The molecule has 5 aromatic rings. The number of aromatic nitrogens is 6. The molecule has 5 rings (SSSR count). The molecule has 0 saturated carbocycles. The molecule has 0 aliphatic rings. The van der Waals surface area contributed by atoms with E-state index in [0.29, 0.717) is 11.9 Å². The molecule has 0 bridgehead atoms. The van der Waals surface area contributed by atoms with Crippen molar-refractivity contribution in [1.29, 1.82) is 5.41 Å². The predicted molar refractivity (Wildman–Crippen MR) is 144 cm³/mol. The van der Waals surface area contributed by atoms with Crippen molar-refractivity contribution in [3.63, 3.8) is 0 Å². The summed E-state index contributed by atoms with van der Waals surface area (Å²) in [6.45, 7) is 0.702. The minimum absolute atomic E-state index is 0.137. The second-order valence-corrected chi connectivity index (χ2v) is 9.29. The molecule has 0 radical (unpaired) electrons. The van der Waals surface area contributed by atoms with Crippen molar-refractivity contribution in [2.24, 2.45) is 0 Å². The molecule has 2 aromatic carbocycles. The lowest BCUT2D eigenvalue weighted by Gasteiger charge is -2.12. The van der Waals surface area contributed by atoms with Crippen molar-refractivity contribution in [2.75, 3.05) is 19.4 Å². The summed E-state index contributed by atoms with van der Waals surface area (Å²) in [6, 6.07) is 12.5. The first-order valence-corrected chi connectivity index (χ1v) is 11.9. The number of nitrogens with zero attached hydrogens (tertiary/aromatic N) is 6. The Morgan fingerprint density at radius 2 is 1.76 bits per heavy atom. The third-order valence-corrected chi connectivity index (χ3v) is 6.07. The van der Waals surface area contributed by atoms with E-state index in [-0.39, 0.29) is 32.8 Å². The number of aromatic amines is 1. The Balaban J connectivity index is 1.43. The molecule has 0 fully saturated rings. The van der Waals surface area contributed by atoms with E-state index in [4.69, 9.17) is 28.6 Å². The summed E-state index contributed by atoms with van der Waals surface area (Å²) in [4.78, 5) is 35.3. The van der Waals surface area contributed by atoms with E-state index in [1.165, 1.54) is 6.20 Å². The number of para-hydroxylation sites is 1. The van der Waals surface area contributed by atoms with Crippen molar-refractivity contribution < 1.29 is 0 Å². The number of halogens is 2. The van der Waals surface area contributed by atoms with E-state index in [1.54, 1.807) is 30.6 Å². The monoisotopic (exact) mass is 533 g/mol. The van der Waals surface area contributed by atoms with Gasteiger partial charge < -0.3 is 10.2 Å². The molecule has 0 aliphatic heterocycles. The third kappa shape index (κ3) is 5.08. The highest BCUT2D eigenvalue weighted by Gasteiger charge is 2.15. The van der Waals surface area contributed by atoms with E-state index in [1.807, 2.05) is 43.3 Å². The van der Waals surface area contributed by atoms with Crippen LogP contribution in [0.25, 0.3) is 28.0 Å². The molecular formula is C25H21Cl2N9O. The fraction of sp³-hybridized carbons (Fsp3) is 0.120. The summed E-state index contributed by atoms with van der Waals surface area (Å²) < 4.78 is 1.10. The van der Waals surface area contributed by atoms with Crippen LogP contribution in [-0.4, -0.2) is 48.5 Å². The van der Waals surface area contributed by atoms with E-state index < -0.39 is 5.69 Å². The molecule has 3 heterocycles. The lowest BCUT2D eigenvalue weighted by molar-refractivity contribution is 0.396. The van der Waals surface area contributed by atoms with Crippen molar-refractivity contribution in [3.05, 3.63) is 92.8 Å². The Morgan fingerprint density at radius 3 is 2.46 bits per heavy atom. The van der Waals surface area contributed by atoms with Crippen LogP contribution in [0.2, 0.25) is 10.0 Å². The molecule has 10 nitrogen and oxygen atoms in total. The van der Waals surface area contributed by atoms with Gasteiger partial charge in [0.05, 0.1) is 38.7 Å². The van der Waals surface area contributed by atoms with Gasteiger partial charge in [0.2, 0.25) is 5.95 Å². The zero-order valence-electron chi connectivity index (χ0n) is 19.8. The number of fused-ring (bicyclic) bond motifs is 1. The smallest absolute Gasteiger partial charge is 0.324 e. The van der Waals surface area contributed by atoms with Gasteiger partial charge in [0.1, 0.15) is 5.49 Å². The minimum atomic E-state index is -0.598. The number of anilines is 2. The molecule has 0 spiro atoms. The van der Waals surface area contributed by atoms with Crippen LogP contribution < -0.4 is 16.5 Å². The van der Waals surface area contributed by atoms with Crippen molar-refractivity contribution >= 4 is 45.9 Å². The molecule has 0 unspecified atom stereocenters. The lowest BCUT2D eigenvalue weighted by Crippen LogP contribution is -2.34. The summed E-state index contributed by atoms with van der Waals surface area (Å²) >= 11 is 12.5. The van der Waals surface area contributed by atoms with Crippen LogP contribution in [0, 0.1) is 5.41 Å². The van der Waals surface area contributed by atoms with Gasteiger partial charge in [0.25, 0.3) is 0 Å². The highest BCUT2D eigenvalue weighted by Crippen LogP contribution is 2.26. The van der Waals surface area contributed by atoms with Gasteiger partial charge in [-0.15, -0.1) is 0 Å². The van der Waals surface area contributed by atoms with Crippen LogP contribution in [-0.2, 0) is 6.54 Å². The number of hydrogen-bond donors (Lipinski definition) is 3. The molecule has 0 amide bonds. The van der Waals surface area contributed by atoms with E-state index in [0.717, 1.165) is 27.2 Å². The first-order chi connectivity index (χ1) is 17.8.